The Labute approximate surface area is 150 Å². The standard InChI is InChI=1S/C18H21N3O5/c1-18(12-3-4-12)16(23)21(17(24)20-18)9-15(22)19-7-6-11-2-5-13-14(8-11)26-10-25-13/h2,5,8,12H,3-4,6-7,9-10H2,1H3,(H,19,22)(H,20,24). The molecule has 4 rings (SSSR count). The topological polar surface area (TPSA) is 97.0 Å². The number of amides is 4. The molecule has 1 saturated carbocycles. The van der Waals surface area contributed by atoms with Crippen molar-refractivity contribution in [1.29, 1.82) is 0 Å². The fraction of sp³-hybridized carbons (Fsp3) is 0.500. The Hall–Kier alpha value is -2.77. The molecule has 1 aromatic rings. The second-order valence-electron chi connectivity index (χ2n) is 7.09. The van der Waals surface area contributed by atoms with E-state index in [1.165, 1.54) is 0 Å². The summed E-state index contributed by atoms with van der Waals surface area (Å²) in [4.78, 5) is 37.7. The monoisotopic (exact) mass is 359 g/mol. The second-order valence-corrected chi connectivity index (χ2v) is 7.09. The Morgan fingerprint density at radius 2 is 2.08 bits per heavy atom. The van der Waals surface area contributed by atoms with Crippen molar-refractivity contribution in [2.45, 2.75) is 31.7 Å². The van der Waals surface area contributed by atoms with Crippen molar-refractivity contribution in [2.24, 2.45) is 5.92 Å². The fourth-order valence-corrected chi connectivity index (χ4v) is 3.44. The van der Waals surface area contributed by atoms with Crippen LogP contribution in [0.3, 0.4) is 0 Å². The third kappa shape index (κ3) is 2.95. The van der Waals surface area contributed by atoms with Crippen LogP contribution < -0.4 is 20.1 Å². The highest BCUT2D eigenvalue weighted by Gasteiger charge is 2.56. The second kappa shape index (κ2) is 6.19. The molecule has 8 heteroatoms. The fourth-order valence-electron chi connectivity index (χ4n) is 3.44. The van der Waals surface area contributed by atoms with Crippen LogP contribution >= 0.6 is 0 Å². The van der Waals surface area contributed by atoms with Gasteiger partial charge in [0.2, 0.25) is 12.7 Å². The average molecular weight is 359 g/mol. The third-order valence-electron chi connectivity index (χ3n) is 5.17. The van der Waals surface area contributed by atoms with Gasteiger partial charge in [0, 0.05) is 6.54 Å². The maximum Gasteiger partial charge on any atom is 0.325 e. The highest BCUT2D eigenvalue weighted by molar-refractivity contribution is 6.09. The summed E-state index contributed by atoms with van der Waals surface area (Å²) < 4.78 is 10.6. The first-order valence-electron chi connectivity index (χ1n) is 8.77. The Kier molecular flexibility index (Phi) is 3.97. The lowest BCUT2D eigenvalue weighted by atomic mass is 9.96. The highest BCUT2D eigenvalue weighted by atomic mass is 16.7. The molecule has 2 fully saturated rings. The number of hydrogen-bond donors (Lipinski definition) is 2. The van der Waals surface area contributed by atoms with E-state index in [4.69, 9.17) is 9.47 Å². The van der Waals surface area contributed by atoms with E-state index in [0.717, 1.165) is 29.1 Å². The number of rotatable bonds is 6. The quantitative estimate of drug-likeness (QED) is 0.732. The smallest absolute Gasteiger partial charge is 0.325 e. The van der Waals surface area contributed by atoms with Gasteiger partial charge in [-0.1, -0.05) is 6.07 Å². The minimum absolute atomic E-state index is 0.179. The van der Waals surface area contributed by atoms with Crippen LogP contribution in [0.5, 0.6) is 11.5 Å². The van der Waals surface area contributed by atoms with Gasteiger partial charge in [-0.25, -0.2) is 4.79 Å². The van der Waals surface area contributed by atoms with Crippen molar-refractivity contribution in [1.82, 2.24) is 15.5 Å². The lowest BCUT2D eigenvalue weighted by Gasteiger charge is -2.20. The molecule has 0 aromatic heterocycles. The minimum atomic E-state index is -0.857. The molecule has 0 spiro atoms. The molecule has 1 unspecified atom stereocenters. The van der Waals surface area contributed by atoms with Gasteiger partial charge in [0.05, 0.1) is 0 Å². The molecule has 0 radical (unpaired) electrons. The first kappa shape index (κ1) is 16.7. The minimum Gasteiger partial charge on any atom is -0.454 e. The number of nitrogens with zero attached hydrogens (tertiary/aromatic N) is 1. The van der Waals surface area contributed by atoms with E-state index in [9.17, 15) is 14.4 Å². The summed E-state index contributed by atoms with van der Waals surface area (Å²) in [7, 11) is 0. The molecule has 2 N–H and O–H groups in total. The summed E-state index contributed by atoms with van der Waals surface area (Å²) in [6, 6.07) is 5.15. The molecule has 1 aromatic carbocycles. The zero-order valence-corrected chi connectivity index (χ0v) is 14.5. The SMILES string of the molecule is CC1(C2CC2)NC(=O)N(CC(=O)NCCc2ccc3c(c2)OCO3)C1=O. The molecule has 3 aliphatic rings. The van der Waals surface area contributed by atoms with E-state index in [1.54, 1.807) is 6.92 Å². The largest absolute Gasteiger partial charge is 0.454 e. The van der Waals surface area contributed by atoms with Crippen molar-refractivity contribution < 1.29 is 23.9 Å². The van der Waals surface area contributed by atoms with Gasteiger partial charge >= 0.3 is 6.03 Å². The number of hydrogen-bond acceptors (Lipinski definition) is 5. The maximum atomic E-state index is 12.5. The van der Waals surface area contributed by atoms with Gasteiger partial charge in [0.1, 0.15) is 12.1 Å². The molecule has 8 nitrogen and oxygen atoms in total. The number of ether oxygens (including phenoxy) is 2. The van der Waals surface area contributed by atoms with Crippen molar-refractivity contribution in [3.05, 3.63) is 23.8 Å². The van der Waals surface area contributed by atoms with Gasteiger partial charge in [0.25, 0.3) is 5.91 Å². The van der Waals surface area contributed by atoms with E-state index < -0.39 is 11.6 Å². The van der Waals surface area contributed by atoms with Crippen molar-refractivity contribution >= 4 is 17.8 Å². The van der Waals surface area contributed by atoms with Gasteiger partial charge < -0.3 is 20.1 Å². The molecule has 0 bridgehead atoms. The van der Waals surface area contributed by atoms with E-state index in [-0.39, 0.29) is 31.1 Å². The Bertz CT molecular complexity index is 776. The summed E-state index contributed by atoms with van der Waals surface area (Å²) in [5, 5.41) is 5.49. The number of imide groups is 1. The Balaban J connectivity index is 1.28. The number of urea groups is 1. The first-order chi connectivity index (χ1) is 12.5. The molecule has 26 heavy (non-hydrogen) atoms. The summed E-state index contributed by atoms with van der Waals surface area (Å²) in [6.45, 7) is 2.11. The molecular formula is C18H21N3O5. The molecule has 4 amide bonds. The lowest BCUT2D eigenvalue weighted by Crippen LogP contribution is -2.47. The highest BCUT2D eigenvalue weighted by Crippen LogP contribution is 2.42. The number of benzene rings is 1. The third-order valence-corrected chi connectivity index (χ3v) is 5.17. The van der Waals surface area contributed by atoms with Crippen molar-refractivity contribution in [3.8, 4) is 11.5 Å². The number of carbonyl (C=O) groups is 3. The summed E-state index contributed by atoms with van der Waals surface area (Å²) in [6.07, 6.45) is 2.47. The van der Waals surface area contributed by atoms with E-state index in [0.29, 0.717) is 18.7 Å². The summed E-state index contributed by atoms with van der Waals surface area (Å²) >= 11 is 0. The lowest BCUT2D eigenvalue weighted by molar-refractivity contribution is -0.135. The molecule has 2 heterocycles. The molecular weight excluding hydrogens is 338 g/mol. The summed E-state index contributed by atoms with van der Waals surface area (Å²) in [5.41, 5.74) is 0.148. The van der Waals surface area contributed by atoms with E-state index in [1.807, 2.05) is 18.2 Å². The van der Waals surface area contributed by atoms with Gasteiger partial charge in [-0.2, -0.15) is 0 Å². The Morgan fingerprint density at radius 1 is 1.31 bits per heavy atom. The van der Waals surface area contributed by atoms with Crippen molar-refractivity contribution in [3.63, 3.8) is 0 Å². The van der Waals surface area contributed by atoms with Crippen LogP contribution in [0.15, 0.2) is 18.2 Å². The van der Waals surface area contributed by atoms with Gasteiger partial charge in [0.15, 0.2) is 11.5 Å². The van der Waals surface area contributed by atoms with Crippen LogP contribution in [0.4, 0.5) is 4.79 Å². The first-order valence-corrected chi connectivity index (χ1v) is 8.77. The van der Waals surface area contributed by atoms with Crippen LogP contribution in [-0.2, 0) is 16.0 Å². The Morgan fingerprint density at radius 3 is 2.85 bits per heavy atom. The molecule has 2 aliphatic heterocycles. The molecule has 1 aliphatic carbocycles. The van der Waals surface area contributed by atoms with Gasteiger partial charge in [-0.15, -0.1) is 0 Å². The molecule has 138 valence electrons. The normalized spacial score (nSPS) is 24.0. The van der Waals surface area contributed by atoms with Crippen molar-refractivity contribution in [2.75, 3.05) is 19.9 Å². The number of carbonyl (C=O) groups excluding carboxylic acids is 3. The molecule has 1 saturated heterocycles. The zero-order valence-electron chi connectivity index (χ0n) is 14.5. The number of fused-ring (bicyclic) bond motifs is 1. The average Bonchev–Trinajstić information content (AvgIpc) is 3.33. The maximum absolute atomic E-state index is 12.5. The van der Waals surface area contributed by atoms with E-state index >= 15 is 0 Å². The van der Waals surface area contributed by atoms with Crippen LogP contribution in [-0.4, -0.2) is 48.2 Å². The van der Waals surface area contributed by atoms with Crippen LogP contribution in [0.25, 0.3) is 0 Å². The molecule has 1 atom stereocenters. The van der Waals surface area contributed by atoms with Gasteiger partial charge in [-0.3, -0.25) is 14.5 Å². The van der Waals surface area contributed by atoms with Crippen LogP contribution in [0.1, 0.15) is 25.3 Å². The van der Waals surface area contributed by atoms with E-state index in [2.05, 4.69) is 10.6 Å². The van der Waals surface area contributed by atoms with Crippen LogP contribution in [0.2, 0.25) is 0 Å². The van der Waals surface area contributed by atoms with Crippen LogP contribution in [0, 0.1) is 5.92 Å². The number of nitrogens with one attached hydrogen (secondary N) is 2. The predicted molar refractivity (Wildman–Crippen MR) is 90.7 cm³/mol. The summed E-state index contributed by atoms with van der Waals surface area (Å²) in [5.74, 6) is 0.936. The zero-order chi connectivity index (χ0) is 18.3. The van der Waals surface area contributed by atoms with Gasteiger partial charge in [-0.05, 0) is 49.8 Å². The predicted octanol–water partition coefficient (Wildman–Crippen LogP) is 0.794.